The molecule has 0 fully saturated rings. The molecule has 2 aromatic rings. The van der Waals surface area contributed by atoms with E-state index in [4.69, 9.17) is 5.73 Å². The van der Waals surface area contributed by atoms with Crippen LogP contribution in [0.5, 0.6) is 0 Å². The molecule has 3 N–H and O–H groups in total. The first-order valence-corrected chi connectivity index (χ1v) is 6.65. The molecule has 1 aliphatic heterocycles. The lowest BCUT2D eigenvalue weighted by atomic mass is 10.0. The van der Waals surface area contributed by atoms with E-state index in [-0.39, 0.29) is 12.1 Å². The van der Waals surface area contributed by atoms with Crippen molar-refractivity contribution in [1.82, 2.24) is 15.1 Å². The molecule has 5 nitrogen and oxygen atoms in total. The number of hydrogen-bond donors (Lipinski definition) is 2. The van der Waals surface area contributed by atoms with Gasteiger partial charge in [0.1, 0.15) is 5.82 Å². The summed E-state index contributed by atoms with van der Waals surface area (Å²) in [5.74, 6) is -0.274. The Morgan fingerprint density at radius 2 is 2.05 bits per heavy atom. The van der Waals surface area contributed by atoms with E-state index in [2.05, 4.69) is 10.2 Å². The number of benzene rings is 1. The van der Waals surface area contributed by atoms with Gasteiger partial charge in [-0.15, -0.1) is 0 Å². The van der Waals surface area contributed by atoms with E-state index in [0.29, 0.717) is 24.5 Å². The Labute approximate surface area is 123 Å². The summed E-state index contributed by atoms with van der Waals surface area (Å²) >= 11 is 0. The van der Waals surface area contributed by atoms with Crippen LogP contribution in [0.25, 0.3) is 0 Å². The molecule has 22 heavy (non-hydrogen) atoms. The SMILES string of the molecule is Nc1n[nH]c2c1CCN(C(=O)c1ccccc1C(F)(F)F)C2. The van der Waals surface area contributed by atoms with Crippen LogP contribution in [0, 0.1) is 0 Å². The molecule has 3 rings (SSSR count). The predicted octanol–water partition coefficient (Wildman–Crippen LogP) is 2.21. The largest absolute Gasteiger partial charge is 0.417 e. The Morgan fingerprint density at radius 1 is 1.32 bits per heavy atom. The second kappa shape index (κ2) is 5.04. The average molecular weight is 310 g/mol. The van der Waals surface area contributed by atoms with Gasteiger partial charge in [-0.2, -0.15) is 18.3 Å². The fraction of sp³-hybridized carbons (Fsp3) is 0.286. The molecule has 1 aromatic carbocycles. The van der Waals surface area contributed by atoms with Crippen molar-refractivity contribution in [1.29, 1.82) is 0 Å². The molecule has 0 saturated carbocycles. The Hall–Kier alpha value is -2.51. The maximum absolute atomic E-state index is 13.0. The predicted molar refractivity (Wildman–Crippen MR) is 72.9 cm³/mol. The number of amides is 1. The summed E-state index contributed by atoms with van der Waals surface area (Å²) in [6, 6.07) is 4.80. The Balaban J connectivity index is 1.90. The van der Waals surface area contributed by atoms with Gasteiger partial charge >= 0.3 is 6.18 Å². The van der Waals surface area contributed by atoms with E-state index in [9.17, 15) is 18.0 Å². The van der Waals surface area contributed by atoms with E-state index < -0.39 is 17.6 Å². The third-order valence-corrected chi connectivity index (χ3v) is 3.72. The van der Waals surface area contributed by atoms with E-state index in [1.165, 1.54) is 23.1 Å². The zero-order valence-corrected chi connectivity index (χ0v) is 11.4. The number of alkyl halides is 3. The van der Waals surface area contributed by atoms with Gasteiger partial charge in [0.05, 0.1) is 23.4 Å². The number of anilines is 1. The minimum absolute atomic E-state index is 0.171. The minimum atomic E-state index is -4.56. The minimum Gasteiger partial charge on any atom is -0.382 e. The van der Waals surface area contributed by atoms with Crippen LogP contribution in [0.4, 0.5) is 19.0 Å². The summed E-state index contributed by atoms with van der Waals surface area (Å²) < 4.78 is 39.0. The number of carbonyl (C=O) groups is 1. The van der Waals surface area contributed by atoms with Crippen LogP contribution < -0.4 is 5.73 Å². The third kappa shape index (κ3) is 2.40. The lowest BCUT2D eigenvalue weighted by Gasteiger charge is -2.27. The lowest BCUT2D eigenvalue weighted by molar-refractivity contribution is -0.138. The molecule has 2 heterocycles. The van der Waals surface area contributed by atoms with Crippen molar-refractivity contribution < 1.29 is 18.0 Å². The standard InChI is InChI=1S/C14H13F3N4O/c15-14(16,17)10-4-2-1-3-8(10)13(22)21-6-5-9-11(7-21)19-20-12(9)18/h1-4H,5-7H2,(H3,18,19,20). The Bertz CT molecular complexity index is 723. The molecule has 1 aliphatic rings. The smallest absolute Gasteiger partial charge is 0.382 e. The topological polar surface area (TPSA) is 75.0 Å². The molecule has 0 unspecified atom stereocenters. The molecule has 0 radical (unpaired) electrons. The van der Waals surface area contributed by atoms with Crippen molar-refractivity contribution in [2.75, 3.05) is 12.3 Å². The summed E-state index contributed by atoms with van der Waals surface area (Å²) in [6.45, 7) is 0.478. The average Bonchev–Trinajstić information content (AvgIpc) is 2.86. The fourth-order valence-corrected chi connectivity index (χ4v) is 2.60. The van der Waals surface area contributed by atoms with E-state index in [0.717, 1.165) is 11.6 Å². The number of nitrogens with one attached hydrogen (secondary N) is 1. The number of carbonyl (C=O) groups excluding carboxylic acids is 1. The molecule has 8 heteroatoms. The van der Waals surface area contributed by atoms with Crippen LogP contribution in [0.15, 0.2) is 24.3 Å². The number of hydrogen-bond acceptors (Lipinski definition) is 3. The van der Waals surface area contributed by atoms with Crippen LogP contribution in [-0.2, 0) is 19.1 Å². The number of aromatic nitrogens is 2. The van der Waals surface area contributed by atoms with Crippen LogP contribution in [0.2, 0.25) is 0 Å². The Kier molecular flexibility index (Phi) is 3.31. The van der Waals surface area contributed by atoms with E-state index in [1.807, 2.05) is 0 Å². The number of nitrogens with two attached hydrogens (primary N) is 1. The van der Waals surface area contributed by atoms with Crippen molar-refractivity contribution in [3.63, 3.8) is 0 Å². The van der Waals surface area contributed by atoms with Crippen molar-refractivity contribution in [2.45, 2.75) is 19.1 Å². The molecule has 0 spiro atoms. The molecule has 1 amide bonds. The second-order valence-corrected chi connectivity index (χ2v) is 5.09. The van der Waals surface area contributed by atoms with Gasteiger partial charge in [-0.3, -0.25) is 9.89 Å². The highest BCUT2D eigenvalue weighted by atomic mass is 19.4. The summed E-state index contributed by atoms with van der Waals surface area (Å²) in [7, 11) is 0. The summed E-state index contributed by atoms with van der Waals surface area (Å²) in [5, 5.41) is 6.57. The van der Waals surface area contributed by atoms with Crippen LogP contribution in [-0.4, -0.2) is 27.5 Å². The van der Waals surface area contributed by atoms with Crippen molar-refractivity contribution >= 4 is 11.7 Å². The highest BCUT2D eigenvalue weighted by molar-refractivity contribution is 5.96. The zero-order valence-electron chi connectivity index (χ0n) is 11.4. The third-order valence-electron chi connectivity index (χ3n) is 3.72. The number of aromatic amines is 1. The van der Waals surface area contributed by atoms with Gasteiger partial charge in [-0.25, -0.2) is 0 Å². The van der Waals surface area contributed by atoms with Gasteiger partial charge < -0.3 is 10.6 Å². The first kappa shape index (κ1) is 14.4. The number of fused-ring (bicyclic) bond motifs is 1. The highest BCUT2D eigenvalue weighted by Crippen LogP contribution is 2.33. The lowest BCUT2D eigenvalue weighted by Crippen LogP contribution is -2.37. The summed E-state index contributed by atoms with van der Waals surface area (Å²) in [4.78, 5) is 13.8. The monoisotopic (exact) mass is 310 g/mol. The first-order valence-electron chi connectivity index (χ1n) is 6.65. The number of rotatable bonds is 1. The molecule has 1 aromatic heterocycles. The van der Waals surface area contributed by atoms with Gasteiger partial charge in [-0.05, 0) is 18.6 Å². The van der Waals surface area contributed by atoms with Gasteiger partial charge in [0.2, 0.25) is 0 Å². The molecule has 116 valence electrons. The quantitative estimate of drug-likeness (QED) is 0.848. The van der Waals surface area contributed by atoms with E-state index >= 15 is 0 Å². The van der Waals surface area contributed by atoms with Crippen LogP contribution >= 0.6 is 0 Å². The molecular weight excluding hydrogens is 297 g/mol. The van der Waals surface area contributed by atoms with Gasteiger partial charge in [-0.1, -0.05) is 12.1 Å². The van der Waals surface area contributed by atoms with Crippen LogP contribution in [0.1, 0.15) is 27.2 Å². The van der Waals surface area contributed by atoms with Gasteiger partial charge in [0.15, 0.2) is 0 Å². The number of halogens is 3. The van der Waals surface area contributed by atoms with Gasteiger partial charge in [0, 0.05) is 12.1 Å². The van der Waals surface area contributed by atoms with Crippen molar-refractivity contribution in [3.05, 3.63) is 46.6 Å². The van der Waals surface area contributed by atoms with Crippen molar-refractivity contribution in [3.8, 4) is 0 Å². The molecule has 0 atom stereocenters. The molecule has 0 aliphatic carbocycles. The van der Waals surface area contributed by atoms with E-state index in [1.54, 1.807) is 0 Å². The normalized spacial score (nSPS) is 14.8. The highest BCUT2D eigenvalue weighted by Gasteiger charge is 2.36. The maximum atomic E-state index is 13.0. The number of H-pyrrole nitrogens is 1. The van der Waals surface area contributed by atoms with Crippen LogP contribution in [0.3, 0.4) is 0 Å². The summed E-state index contributed by atoms with van der Waals surface area (Å²) in [5.41, 5.74) is 5.91. The second-order valence-electron chi connectivity index (χ2n) is 5.09. The number of nitrogen functional groups attached to an aromatic ring is 1. The molecule has 0 bridgehead atoms. The fourth-order valence-electron chi connectivity index (χ4n) is 2.60. The van der Waals surface area contributed by atoms with Crippen molar-refractivity contribution in [2.24, 2.45) is 0 Å². The Morgan fingerprint density at radius 3 is 2.77 bits per heavy atom. The maximum Gasteiger partial charge on any atom is 0.417 e. The molecule has 0 saturated heterocycles. The zero-order chi connectivity index (χ0) is 15.9. The number of nitrogens with zero attached hydrogens (tertiary/aromatic N) is 2. The molecular formula is C14H13F3N4O. The summed E-state index contributed by atoms with van der Waals surface area (Å²) in [6.07, 6.45) is -4.09. The van der Waals surface area contributed by atoms with Gasteiger partial charge in [0.25, 0.3) is 5.91 Å². The first-order chi connectivity index (χ1) is 10.4.